The number of hydrogen-bond donors (Lipinski definition) is 1. The van der Waals surface area contributed by atoms with Crippen molar-refractivity contribution in [2.75, 3.05) is 46.4 Å². The minimum absolute atomic E-state index is 0.234. The van der Waals surface area contributed by atoms with Crippen LogP contribution in [0.1, 0.15) is 60.6 Å². The molecule has 2 N–H and O–H groups in total. The minimum atomic E-state index is -0.402. The molecule has 2 saturated heterocycles. The highest BCUT2D eigenvalue weighted by molar-refractivity contribution is 5.99. The van der Waals surface area contributed by atoms with Gasteiger partial charge in [-0.15, -0.1) is 0 Å². The van der Waals surface area contributed by atoms with Gasteiger partial charge in [0.25, 0.3) is 5.91 Å². The number of likely N-dealkylation sites (tertiary alicyclic amines) is 2. The average Bonchev–Trinajstić information content (AvgIpc) is 3.47. The van der Waals surface area contributed by atoms with E-state index in [1.807, 2.05) is 36.4 Å². The van der Waals surface area contributed by atoms with Gasteiger partial charge in [0.1, 0.15) is 29.4 Å². The van der Waals surface area contributed by atoms with E-state index in [1.165, 1.54) is 38.8 Å². The number of furan rings is 1. The monoisotopic (exact) mass is 544 g/mol. The highest BCUT2D eigenvalue weighted by atomic mass is 16.5. The first-order valence-electron chi connectivity index (χ1n) is 14.7. The molecule has 4 aromatic rings. The molecule has 4 heterocycles. The summed E-state index contributed by atoms with van der Waals surface area (Å²) in [5.41, 5.74) is 9.17. The molecule has 0 saturated carbocycles. The summed E-state index contributed by atoms with van der Waals surface area (Å²) in [4.78, 5) is 17.8. The van der Waals surface area contributed by atoms with Crippen LogP contribution in [0, 0.1) is 0 Å². The molecular formula is C32H40N4O4. The van der Waals surface area contributed by atoms with Crippen molar-refractivity contribution in [1.29, 1.82) is 0 Å². The number of amides is 1. The van der Waals surface area contributed by atoms with Gasteiger partial charge in [0, 0.05) is 54.6 Å². The fraction of sp³-hybridized carbons (Fsp3) is 0.469. The zero-order chi connectivity index (χ0) is 27.5. The number of aromatic nitrogens is 1. The van der Waals surface area contributed by atoms with Gasteiger partial charge in [-0.25, -0.2) is 0 Å². The summed E-state index contributed by atoms with van der Waals surface area (Å²) in [6.45, 7) is 7.17. The number of piperidine rings is 1. The Bertz CT molecular complexity index is 1460. The first-order chi connectivity index (χ1) is 19.6. The lowest BCUT2D eigenvalue weighted by atomic mass is 10.0. The molecule has 2 aliphatic rings. The minimum Gasteiger partial charge on any atom is -0.497 e. The van der Waals surface area contributed by atoms with Gasteiger partial charge in [-0.1, -0.05) is 18.9 Å². The van der Waals surface area contributed by atoms with E-state index in [-0.39, 0.29) is 6.04 Å². The van der Waals surface area contributed by atoms with Crippen molar-refractivity contribution in [3.8, 4) is 11.5 Å². The largest absolute Gasteiger partial charge is 0.497 e. The van der Waals surface area contributed by atoms with E-state index in [0.29, 0.717) is 12.3 Å². The van der Waals surface area contributed by atoms with Crippen LogP contribution in [0.2, 0.25) is 0 Å². The number of carbonyl (C=O) groups is 1. The van der Waals surface area contributed by atoms with E-state index in [0.717, 1.165) is 78.0 Å². The van der Waals surface area contributed by atoms with Crippen LogP contribution in [-0.2, 0) is 6.61 Å². The van der Waals surface area contributed by atoms with Crippen LogP contribution in [-0.4, -0.2) is 66.7 Å². The molecule has 8 heteroatoms. The Hall–Kier alpha value is -3.49. The average molecular weight is 545 g/mol. The van der Waals surface area contributed by atoms with Gasteiger partial charge in [0.15, 0.2) is 0 Å². The topological polar surface area (TPSA) is 86.1 Å². The number of primary amides is 1. The number of carbonyl (C=O) groups excluding carboxylic acids is 1. The maximum absolute atomic E-state index is 12.6. The standard InChI is InChI=1S/C32H40N4O4/c1-38-25-9-10-26-23(22-40-31(26)19-25)21-39-30-8-6-7-28-27(30)20-29(32(33)37)36(28)24-11-15-35(16-12-24)18-17-34-13-4-2-3-5-14-34/h6-10,19-20,22,24H,2-5,11-18,21H2,1H3,(H2,33,37). The predicted octanol–water partition coefficient (Wildman–Crippen LogP) is 5.59. The molecule has 0 unspecified atom stereocenters. The number of nitrogens with two attached hydrogens (primary N) is 1. The quantitative estimate of drug-likeness (QED) is 0.296. The summed E-state index contributed by atoms with van der Waals surface area (Å²) >= 11 is 0. The second-order valence-electron chi connectivity index (χ2n) is 11.2. The molecule has 2 fully saturated rings. The fourth-order valence-corrected chi connectivity index (χ4v) is 6.43. The summed E-state index contributed by atoms with van der Waals surface area (Å²) in [6.07, 6.45) is 9.13. The van der Waals surface area contributed by atoms with Crippen LogP contribution in [0.25, 0.3) is 21.9 Å². The third-order valence-electron chi connectivity index (χ3n) is 8.70. The maximum Gasteiger partial charge on any atom is 0.265 e. The number of nitrogens with zero attached hydrogens (tertiary/aromatic N) is 3. The molecule has 0 aliphatic carbocycles. The summed E-state index contributed by atoms with van der Waals surface area (Å²) in [5.74, 6) is 1.08. The first kappa shape index (κ1) is 26.7. The van der Waals surface area contributed by atoms with Crippen LogP contribution in [0.4, 0.5) is 0 Å². The Morgan fingerprint density at radius 3 is 2.42 bits per heavy atom. The van der Waals surface area contributed by atoms with Crippen LogP contribution in [0.5, 0.6) is 11.5 Å². The van der Waals surface area contributed by atoms with E-state index in [4.69, 9.17) is 19.6 Å². The molecule has 1 amide bonds. The van der Waals surface area contributed by atoms with Gasteiger partial charge in [0.2, 0.25) is 0 Å². The molecule has 40 heavy (non-hydrogen) atoms. The Balaban J connectivity index is 1.16. The van der Waals surface area contributed by atoms with Crippen molar-refractivity contribution >= 4 is 27.8 Å². The summed E-state index contributed by atoms with van der Waals surface area (Å²) in [5, 5.41) is 1.90. The third-order valence-corrected chi connectivity index (χ3v) is 8.70. The van der Waals surface area contributed by atoms with Crippen molar-refractivity contribution < 1.29 is 18.7 Å². The van der Waals surface area contributed by atoms with Gasteiger partial charge in [-0.2, -0.15) is 0 Å². The first-order valence-corrected chi connectivity index (χ1v) is 14.7. The Kier molecular flexibility index (Phi) is 7.98. The number of methoxy groups -OCH3 is 1. The molecule has 0 radical (unpaired) electrons. The zero-order valence-corrected chi connectivity index (χ0v) is 23.4. The number of ether oxygens (including phenoxy) is 2. The van der Waals surface area contributed by atoms with Crippen molar-refractivity contribution in [2.45, 2.75) is 51.2 Å². The lowest BCUT2D eigenvalue weighted by molar-refractivity contribution is 0.0984. The third kappa shape index (κ3) is 5.56. The lowest BCUT2D eigenvalue weighted by Crippen LogP contribution is -2.40. The zero-order valence-electron chi connectivity index (χ0n) is 23.4. The molecule has 212 valence electrons. The van der Waals surface area contributed by atoms with Gasteiger partial charge in [0.05, 0.1) is 18.9 Å². The molecular weight excluding hydrogens is 504 g/mol. The van der Waals surface area contributed by atoms with Gasteiger partial charge in [-0.05, 0) is 69.1 Å². The van der Waals surface area contributed by atoms with Crippen LogP contribution in [0.3, 0.4) is 0 Å². The Labute approximate surface area is 235 Å². The molecule has 0 atom stereocenters. The predicted molar refractivity (Wildman–Crippen MR) is 157 cm³/mol. The van der Waals surface area contributed by atoms with Crippen molar-refractivity contribution in [3.63, 3.8) is 0 Å². The van der Waals surface area contributed by atoms with Crippen molar-refractivity contribution in [3.05, 3.63) is 60.0 Å². The van der Waals surface area contributed by atoms with Crippen LogP contribution < -0.4 is 15.2 Å². The van der Waals surface area contributed by atoms with Crippen LogP contribution in [0.15, 0.2) is 53.1 Å². The summed E-state index contributed by atoms with van der Waals surface area (Å²) in [7, 11) is 1.64. The Morgan fingerprint density at radius 1 is 0.950 bits per heavy atom. The molecule has 2 aliphatic heterocycles. The molecule has 6 rings (SSSR count). The smallest absolute Gasteiger partial charge is 0.265 e. The van der Waals surface area contributed by atoms with Crippen molar-refractivity contribution in [1.82, 2.24) is 14.4 Å². The molecule has 2 aromatic carbocycles. The summed E-state index contributed by atoms with van der Waals surface area (Å²) in [6, 6.07) is 13.9. The number of rotatable bonds is 9. The number of hydrogen-bond acceptors (Lipinski definition) is 6. The van der Waals surface area contributed by atoms with Gasteiger partial charge >= 0.3 is 0 Å². The second kappa shape index (κ2) is 11.9. The SMILES string of the molecule is COc1ccc2c(COc3cccc4c3cc(C(N)=O)n4C3CCN(CCN4CCCCCC4)CC3)coc2c1. The van der Waals surface area contributed by atoms with Crippen LogP contribution >= 0.6 is 0 Å². The fourth-order valence-electron chi connectivity index (χ4n) is 6.43. The second-order valence-corrected chi connectivity index (χ2v) is 11.2. The normalized spacial score (nSPS) is 17.8. The molecule has 0 bridgehead atoms. The lowest BCUT2D eigenvalue weighted by Gasteiger charge is -2.35. The number of fused-ring (bicyclic) bond motifs is 2. The van der Waals surface area contributed by atoms with E-state index >= 15 is 0 Å². The van der Waals surface area contributed by atoms with Crippen molar-refractivity contribution in [2.24, 2.45) is 5.73 Å². The molecule has 2 aromatic heterocycles. The Morgan fingerprint density at radius 2 is 1.70 bits per heavy atom. The molecule has 8 nitrogen and oxygen atoms in total. The molecule has 0 spiro atoms. The van der Waals surface area contributed by atoms with Gasteiger partial charge < -0.3 is 34.0 Å². The summed E-state index contributed by atoms with van der Waals surface area (Å²) < 4.78 is 19.5. The highest BCUT2D eigenvalue weighted by Crippen LogP contribution is 2.35. The number of benzene rings is 2. The van der Waals surface area contributed by atoms with Gasteiger partial charge in [-0.3, -0.25) is 4.79 Å². The van der Waals surface area contributed by atoms with E-state index < -0.39 is 5.91 Å². The van der Waals surface area contributed by atoms with E-state index in [1.54, 1.807) is 13.4 Å². The maximum atomic E-state index is 12.6. The highest BCUT2D eigenvalue weighted by Gasteiger charge is 2.26. The van der Waals surface area contributed by atoms with E-state index in [2.05, 4.69) is 20.4 Å². The van der Waals surface area contributed by atoms with E-state index in [9.17, 15) is 4.79 Å².